The molecule has 0 fully saturated rings. The molecule has 0 saturated carbocycles. The number of hydrogen-bond acceptors (Lipinski definition) is 2. The van der Waals surface area contributed by atoms with E-state index in [0.717, 1.165) is 25.1 Å². The quantitative estimate of drug-likeness (QED) is 0.639. The molecule has 1 rings (SSSR count). The second kappa shape index (κ2) is 4.26. The van der Waals surface area contributed by atoms with Crippen LogP contribution in [0.25, 0.3) is 0 Å². The lowest BCUT2D eigenvalue weighted by Gasteiger charge is -2.08. The third kappa shape index (κ3) is 2.08. The van der Waals surface area contributed by atoms with Crippen LogP contribution in [0, 0.1) is 0 Å². The lowest BCUT2D eigenvalue weighted by Crippen LogP contribution is -2.29. The molecule has 2 N–H and O–H groups in total. The average molecular weight is 168 g/mol. The van der Waals surface area contributed by atoms with E-state index in [0.29, 0.717) is 6.54 Å². The minimum absolute atomic E-state index is 0.0790. The number of rotatable bonds is 2. The SMILES string of the molecule is CCC1=C(CC)NC(=O)CNC1. The maximum Gasteiger partial charge on any atom is 0.238 e. The lowest BCUT2D eigenvalue weighted by atomic mass is 10.1. The van der Waals surface area contributed by atoms with Gasteiger partial charge in [-0.2, -0.15) is 0 Å². The van der Waals surface area contributed by atoms with Gasteiger partial charge in [0.25, 0.3) is 0 Å². The largest absolute Gasteiger partial charge is 0.329 e. The predicted molar refractivity (Wildman–Crippen MR) is 48.6 cm³/mol. The van der Waals surface area contributed by atoms with Crippen molar-refractivity contribution in [2.45, 2.75) is 26.7 Å². The summed E-state index contributed by atoms with van der Waals surface area (Å²) in [5, 5.41) is 6.00. The van der Waals surface area contributed by atoms with E-state index >= 15 is 0 Å². The molecule has 68 valence electrons. The van der Waals surface area contributed by atoms with Crippen molar-refractivity contribution in [3.8, 4) is 0 Å². The number of nitrogens with one attached hydrogen (secondary N) is 2. The van der Waals surface area contributed by atoms with Crippen LogP contribution in [0.1, 0.15) is 26.7 Å². The average Bonchev–Trinajstić information content (AvgIpc) is 2.26. The Morgan fingerprint density at radius 2 is 2.00 bits per heavy atom. The third-order valence-electron chi connectivity index (χ3n) is 2.12. The molecule has 0 atom stereocenters. The van der Waals surface area contributed by atoms with Crippen LogP contribution >= 0.6 is 0 Å². The number of carbonyl (C=O) groups is 1. The van der Waals surface area contributed by atoms with Gasteiger partial charge in [0.1, 0.15) is 0 Å². The first-order valence-electron chi connectivity index (χ1n) is 4.49. The summed E-state index contributed by atoms with van der Waals surface area (Å²) in [4.78, 5) is 11.1. The smallest absolute Gasteiger partial charge is 0.238 e. The maximum absolute atomic E-state index is 11.1. The highest BCUT2D eigenvalue weighted by Crippen LogP contribution is 2.10. The van der Waals surface area contributed by atoms with Crippen LogP contribution in [0.3, 0.4) is 0 Å². The van der Waals surface area contributed by atoms with Crippen LogP contribution in [0.2, 0.25) is 0 Å². The molecular formula is C9H16N2O. The predicted octanol–water partition coefficient (Wildman–Crippen LogP) is 0.780. The minimum Gasteiger partial charge on any atom is -0.329 e. The van der Waals surface area contributed by atoms with Crippen molar-refractivity contribution < 1.29 is 4.79 Å². The van der Waals surface area contributed by atoms with Crippen LogP contribution < -0.4 is 10.6 Å². The fraction of sp³-hybridized carbons (Fsp3) is 0.667. The summed E-state index contributed by atoms with van der Waals surface area (Å²) in [5.41, 5.74) is 2.43. The van der Waals surface area contributed by atoms with Gasteiger partial charge in [0.2, 0.25) is 5.91 Å². The third-order valence-corrected chi connectivity index (χ3v) is 2.12. The lowest BCUT2D eigenvalue weighted by molar-refractivity contribution is -0.119. The molecule has 0 saturated heterocycles. The summed E-state index contributed by atoms with van der Waals surface area (Å²) in [5.74, 6) is 0.0790. The van der Waals surface area contributed by atoms with Gasteiger partial charge in [0, 0.05) is 12.2 Å². The number of amides is 1. The van der Waals surface area contributed by atoms with Crippen molar-refractivity contribution in [2.75, 3.05) is 13.1 Å². The molecule has 1 amide bonds. The van der Waals surface area contributed by atoms with E-state index in [9.17, 15) is 4.79 Å². The normalized spacial score (nSPS) is 19.0. The highest BCUT2D eigenvalue weighted by atomic mass is 16.1. The van der Waals surface area contributed by atoms with E-state index in [-0.39, 0.29) is 5.91 Å². The molecule has 3 nitrogen and oxygen atoms in total. The number of allylic oxidation sites excluding steroid dienone is 1. The second-order valence-corrected chi connectivity index (χ2v) is 2.94. The molecule has 0 spiro atoms. The van der Waals surface area contributed by atoms with Gasteiger partial charge in [0.05, 0.1) is 6.54 Å². The van der Waals surface area contributed by atoms with Crippen molar-refractivity contribution in [1.82, 2.24) is 10.6 Å². The van der Waals surface area contributed by atoms with Gasteiger partial charge in [0.15, 0.2) is 0 Å². The molecule has 3 heteroatoms. The van der Waals surface area contributed by atoms with Crippen LogP contribution in [0.5, 0.6) is 0 Å². The fourth-order valence-electron chi connectivity index (χ4n) is 1.41. The molecule has 0 aliphatic carbocycles. The Labute approximate surface area is 73.2 Å². The zero-order valence-corrected chi connectivity index (χ0v) is 7.74. The van der Waals surface area contributed by atoms with Crippen molar-refractivity contribution in [3.63, 3.8) is 0 Å². The molecule has 0 aromatic carbocycles. The second-order valence-electron chi connectivity index (χ2n) is 2.94. The summed E-state index contributed by atoms with van der Waals surface area (Å²) in [6.45, 7) is 5.46. The van der Waals surface area contributed by atoms with Crippen LogP contribution in [0.15, 0.2) is 11.3 Å². The van der Waals surface area contributed by atoms with Gasteiger partial charge < -0.3 is 10.6 Å². The van der Waals surface area contributed by atoms with E-state index in [1.165, 1.54) is 5.57 Å². The highest BCUT2D eigenvalue weighted by molar-refractivity contribution is 5.80. The van der Waals surface area contributed by atoms with Crippen LogP contribution in [-0.4, -0.2) is 19.0 Å². The Morgan fingerprint density at radius 3 is 2.58 bits per heavy atom. The van der Waals surface area contributed by atoms with Gasteiger partial charge in [-0.3, -0.25) is 4.79 Å². The van der Waals surface area contributed by atoms with Gasteiger partial charge in [-0.25, -0.2) is 0 Å². The van der Waals surface area contributed by atoms with Gasteiger partial charge in [-0.1, -0.05) is 13.8 Å². The first-order valence-corrected chi connectivity index (χ1v) is 4.49. The Hall–Kier alpha value is -0.830. The molecule has 1 aliphatic heterocycles. The molecule has 12 heavy (non-hydrogen) atoms. The zero-order chi connectivity index (χ0) is 8.97. The van der Waals surface area contributed by atoms with Gasteiger partial charge in [-0.15, -0.1) is 0 Å². The van der Waals surface area contributed by atoms with E-state index < -0.39 is 0 Å². The van der Waals surface area contributed by atoms with Gasteiger partial charge in [-0.05, 0) is 18.4 Å². The van der Waals surface area contributed by atoms with Crippen molar-refractivity contribution in [3.05, 3.63) is 11.3 Å². The highest BCUT2D eigenvalue weighted by Gasteiger charge is 2.11. The Bertz CT molecular complexity index is 209. The van der Waals surface area contributed by atoms with Crippen LogP contribution in [0.4, 0.5) is 0 Å². The number of carbonyl (C=O) groups excluding carboxylic acids is 1. The topological polar surface area (TPSA) is 41.1 Å². The van der Waals surface area contributed by atoms with Crippen molar-refractivity contribution in [1.29, 1.82) is 0 Å². The van der Waals surface area contributed by atoms with E-state index in [1.54, 1.807) is 0 Å². The van der Waals surface area contributed by atoms with Crippen molar-refractivity contribution in [2.24, 2.45) is 0 Å². The molecule has 0 aromatic rings. The Balaban J connectivity index is 2.77. The monoisotopic (exact) mass is 168 g/mol. The first-order chi connectivity index (χ1) is 5.77. The molecule has 0 aromatic heterocycles. The summed E-state index contributed by atoms with van der Waals surface area (Å²) < 4.78 is 0. The van der Waals surface area contributed by atoms with Crippen LogP contribution in [-0.2, 0) is 4.79 Å². The van der Waals surface area contributed by atoms with Crippen molar-refractivity contribution >= 4 is 5.91 Å². The Kier molecular flexibility index (Phi) is 3.29. The standard InChI is InChI=1S/C9H16N2O/c1-3-7-5-10-6-9(12)11-8(7)4-2/h10H,3-6H2,1-2H3,(H,11,12). The summed E-state index contributed by atoms with van der Waals surface area (Å²) in [6.07, 6.45) is 1.92. The molecule has 1 aliphatic rings. The zero-order valence-electron chi connectivity index (χ0n) is 7.74. The summed E-state index contributed by atoms with van der Waals surface area (Å²) in [6, 6.07) is 0. The Morgan fingerprint density at radius 1 is 1.25 bits per heavy atom. The van der Waals surface area contributed by atoms with E-state index in [2.05, 4.69) is 24.5 Å². The molecular weight excluding hydrogens is 152 g/mol. The van der Waals surface area contributed by atoms with Gasteiger partial charge >= 0.3 is 0 Å². The first kappa shape index (κ1) is 9.26. The molecule has 0 bridgehead atoms. The fourth-order valence-corrected chi connectivity index (χ4v) is 1.41. The summed E-state index contributed by atoms with van der Waals surface area (Å²) in [7, 11) is 0. The molecule has 0 radical (unpaired) electrons. The minimum atomic E-state index is 0.0790. The maximum atomic E-state index is 11.1. The molecule has 1 heterocycles. The van der Waals surface area contributed by atoms with E-state index in [1.807, 2.05) is 0 Å². The van der Waals surface area contributed by atoms with E-state index in [4.69, 9.17) is 0 Å². The molecule has 0 unspecified atom stereocenters. The summed E-state index contributed by atoms with van der Waals surface area (Å²) >= 11 is 0. The number of hydrogen-bond donors (Lipinski definition) is 2.